The van der Waals surface area contributed by atoms with Crippen molar-refractivity contribution in [2.24, 2.45) is 0 Å². The minimum atomic E-state index is -0.409. The molecule has 1 aromatic rings. The third kappa shape index (κ3) is 4.81. The van der Waals surface area contributed by atoms with Gasteiger partial charge in [0.2, 0.25) is 11.8 Å². The maximum absolute atomic E-state index is 12.3. The number of carbonyl (C=O) groups is 4. The van der Waals surface area contributed by atoms with E-state index >= 15 is 0 Å². The molecule has 4 amide bonds. The zero-order chi connectivity index (χ0) is 19.4. The smallest absolute Gasteiger partial charge is 0.261 e. The van der Waals surface area contributed by atoms with Crippen LogP contribution in [0, 0.1) is 0 Å². The van der Waals surface area contributed by atoms with Gasteiger partial charge in [0.05, 0.1) is 22.6 Å². The first-order chi connectivity index (χ1) is 13.0. The van der Waals surface area contributed by atoms with Crippen LogP contribution in [-0.4, -0.2) is 59.2 Å². The van der Waals surface area contributed by atoms with E-state index in [-0.39, 0.29) is 47.9 Å². The summed E-state index contributed by atoms with van der Waals surface area (Å²) in [5.41, 5.74) is 0.607. The van der Waals surface area contributed by atoms with E-state index in [2.05, 4.69) is 10.6 Å². The van der Waals surface area contributed by atoms with Crippen LogP contribution in [0.15, 0.2) is 18.2 Å². The molecule has 1 heterocycles. The van der Waals surface area contributed by atoms with E-state index in [1.807, 2.05) is 0 Å². The molecule has 3 rings (SSSR count). The van der Waals surface area contributed by atoms with Gasteiger partial charge in [0.15, 0.2) is 0 Å². The summed E-state index contributed by atoms with van der Waals surface area (Å²) < 4.78 is 0. The second kappa shape index (κ2) is 8.75. The summed E-state index contributed by atoms with van der Waals surface area (Å²) in [6, 6.07) is 4.86. The Balaban J connectivity index is 1.36. The van der Waals surface area contributed by atoms with E-state index < -0.39 is 5.91 Å². The summed E-state index contributed by atoms with van der Waals surface area (Å²) in [5.74, 6) is -0.700. The normalized spacial score (nSPS) is 16.1. The number of nitrogens with one attached hydrogen (secondary N) is 2. The molecule has 0 radical (unpaired) electrons. The van der Waals surface area contributed by atoms with Crippen LogP contribution in [-0.2, 0) is 9.59 Å². The molecular formula is C18H20ClN3O4S. The van der Waals surface area contributed by atoms with E-state index in [0.717, 1.165) is 24.2 Å². The van der Waals surface area contributed by atoms with Crippen LogP contribution in [0.3, 0.4) is 0 Å². The Morgan fingerprint density at radius 1 is 1.11 bits per heavy atom. The van der Waals surface area contributed by atoms with Crippen LogP contribution >= 0.6 is 23.4 Å². The lowest BCUT2D eigenvalue weighted by Crippen LogP contribution is -2.41. The standard InChI is InChI=1S/C18H20ClN3O4S/c19-11-4-5-13-14(8-11)18(26)22(17(13)25)7-6-20-15(23)9-27-10-16(24)21-12-2-1-3-12/h4-5,8,12H,1-3,6-7,9-10H2,(H,20,23)(H,21,24). The zero-order valence-corrected chi connectivity index (χ0v) is 16.2. The molecule has 0 unspecified atom stereocenters. The minimum absolute atomic E-state index is 0.0535. The molecule has 2 aliphatic rings. The van der Waals surface area contributed by atoms with Gasteiger partial charge in [-0.15, -0.1) is 11.8 Å². The van der Waals surface area contributed by atoms with Crippen molar-refractivity contribution in [1.82, 2.24) is 15.5 Å². The summed E-state index contributed by atoms with van der Waals surface area (Å²) in [4.78, 5) is 49.2. The first kappa shape index (κ1) is 19.7. The lowest BCUT2D eigenvalue weighted by molar-refractivity contribution is -0.119. The lowest BCUT2D eigenvalue weighted by atomic mass is 9.93. The number of thioether (sulfide) groups is 1. The average molecular weight is 410 g/mol. The Morgan fingerprint density at radius 3 is 2.52 bits per heavy atom. The van der Waals surface area contributed by atoms with Crippen molar-refractivity contribution in [3.8, 4) is 0 Å². The Labute approximate surface area is 166 Å². The van der Waals surface area contributed by atoms with Crippen molar-refractivity contribution in [2.45, 2.75) is 25.3 Å². The van der Waals surface area contributed by atoms with E-state index in [1.54, 1.807) is 6.07 Å². The van der Waals surface area contributed by atoms with Crippen LogP contribution < -0.4 is 10.6 Å². The van der Waals surface area contributed by atoms with Gasteiger partial charge in [0.25, 0.3) is 11.8 Å². The summed E-state index contributed by atoms with van der Waals surface area (Å²) in [6.45, 7) is 0.245. The van der Waals surface area contributed by atoms with Crippen molar-refractivity contribution < 1.29 is 19.2 Å². The van der Waals surface area contributed by atoms with Crippen LogP contribution in [0.5, 0.6) is 0 Å². The summed E-state index contributed by atoms with van der Waals surface area (Å²) in [5, 5.41) is 5.96. The SMILES string of the molecule is O=C(CSCC(=O)NC1CCC1)NCCN1C(=O)c2ccc(Cl)cc2C1=O. The molecule has 0 aromatic heterocycles. The van der Waals surface area contributed by atoms with E-state index in [9.17, 15) is 19.2 Å². The van der Waals surface area contributed by atoms with Gasteiger partial charge in [-0.25, -0.2) is 0 Å². The second-order valence-electron chi connectivity index (χ2n) is 6.49. The highest BCUT2D eigenvalue weighted by Crippen LogP contribution is 2.25. The van der Waals surface area contributed by atoms with Gasteiger partial charge in [0.1, 0.15) is 0 Å². The zero-order valence-electron chi connectivity index (χ0n) is 14.6. The van der Waals surface area contributed by atoms with Crippen molar-refractivity contribution in [1.29, 1.82) is 0 Å². The largest absolute Gasteiger partial charge is 0.354 e. The topological polar surface area (TPSA) is 95.6 Å². The average Bonchev–Trinajstić information content (AvgIpc) is 2.82. The number of rotatable bonds is 8. The third-order valence-corrected chi connectivity index (χ3v) is 5.69. The molecule has 0 bridgehead atoms. The van der Waals surface area contributed by atoms with Crippen LogP contribution in [0.1, 0.15) is 40.0 Å². The molecule has 144 valence electrons. The number of hydrogen-bond donors (Lipinski definition) is 2. The van der Waals surface area contributed by atoms with E-state index in [1.165, 1.54) is 23.9 Å². The number of hydrogen-bond acceptors (Lipinski definition) is 5. The molecule has 1 aliphatic heterocycles. The first-order valence-corrected chi connectivity index (χ1v) is 10.3. The maximum Gasteiger partial charge on any atom is 0.261 e. The van der Waals surface area contributed by atoms with Gasteiger partial charge in [-0.3, -0.25) is 24.1 Å². The number of fused-ring (bicyclic) bond motifs is 1. The first-order valence-electron chi connectivity index (χ1n) is 8.75. The minimum Gasteiger partial charge on any atom is -0.354 e. The van der Waals surface area contributed by atoms with Gasteiger partial charge < -0.3 is 10.6 Å². The summed E-state index contributed by atoms with van der Waals surface area (Å²) >= 11 is 7.11. The predicted octanol–water partition coefficient (Wildman–Crippen LogP) is 1.45. The molecule has 1 aromatic carbocycles. The number of amides is 4. The highest BCUT2D eigenvalue weighted by atomic mass is 35.5. The van der Waals surface area contributed by atoms with Crippen molar-refractivity contribution in [3.05, 3.63) is 34.3 Å². The number of halogens is 1. The molecule has 0 saturated heterocycles. The van der Waals surface area contributed by atoms with Crippen molar-refractivity contribution >= 4 is 47.0 Å². The highest BCUT2D eigenvalue weighted by molar-refractivity contribution is 8.00. The molecule has 0 atom stereocenters. The Hall–Kier alpha value is -2.06. The number of carbonyl (C=O) groups excluding carboxylic acids is 4. The predicted molar refractivity (Wildman–Crippen MR) is 103 cm³/mol. The lowest BCUT2D eigenvalue weighted by Gasteiger charge is -2.26. The molecule has 9 heteroatoms. The van der Waals surface area contributed by atoms with Gasteiger partial charge in [0, 0.05) is 24.2 Å². The van der Waals surface area contributed by atoms with E-state index in [4.69, 9.17) is 11.6 Å². The fraction of sp³-hybridized carbons (Fsp3) is 0.444. The number of imide groups is 1. The van der Waals surface area contributed by atoms with Crippen molar-refractivity contribution in [2.75, 3.05) is 24.6 Å². The Morgan fingerprint density at radius 2 is 1.81 bits per heavy atom. The van der Waals surface area contributed by atoms with Gasteiger partial charge in [-0.1, -0.05) is 11.6 Å². The fourth-order valence-electron chi connectivity index (χ4n) is 2.88. The van der Waals surface area contributed by atoms with Gasteiger partial charge in [-0.2, -0.15) is 0 Å². The second-order valence-corrected chi connectivity index (χ2v) is 7.91. The van der Waals surface area contributed by atoms with E-state index in [0.29, 0.717) is 16.6 Å². The van der Waals surface area contributed by atoms with Crippen molar-refractivity contribution in [3.63, 3.8) is 0 Å². The Kier molecular flexibility index (Phi) is 6.38. The molecule has 1 saturated carbocycles. The summed E-state index contributed by atoms with van der Waals surface area (Å²) in [6.07, 6.45) is 3.21. The third-order valence-electron chi connectivity index (χ3n) is 4.53. The van der Waals surface area contributed by atoms with Gasteiger partial charge >= 0.3 is 0 Å². The Bertz CT molecular complexity index is 782. The molecule has 7 nitrogen and oxygen atoms in total. The molecule has 1 aliphatic carbocycles. The monoisotopic (exact) mass is 409 g/mol. The fourth-order valence-corrected chi connectivity index (χ4v) is 3.71. The number of benzene rings is 1. The highest BCUT2D eigenvalue weighted by Gasteiger charge is 2.35. The summed E-state index contributed by atoms with van der Waals surface area (Å²) in [7, 11) is 0. The maximum atomic E-state index is 12.3. The molecule has 1 fully saturated rings. The molecule has 27 heavy (non-hydrogen) atoms. The van der Waals surface area contributed by atoms with Crippen LogP contribution in [0.25, 0.3) is 0 Å². The molecule has 0 spiro atoms. The quantitative estimate of drug-likeness (QED) is 0.633. The molecule has 2 N–H and O–H groups in total. The number of nitrogens with zero attached hydrogens (tertiary/aromatic N) is 1. The molecular weight excluding hydrogens is 390 g/mol. The van der Waals surface area contributed by atoms with Crippen LogP contribution in [0.2, 0.25) is 5.02 Å². The van der Waals surface area contributed by atoms with Gasteiger partial charge in [-0.05, 0) is 37.5 Å². The van der Waals surface area contributed by atoms with Crippen LogP contribution in [0.4, 0.5) is 0 Å².